The van der Waals surface area contributed by atoms with Gasteiger partial charge in [0.05, 0.1) is 6.20 Å². The number of carbonyl (C=O) groups excluding carboxylic acids is 1. The van der Waals surface area contributed by atoms with Crippen molar-refractivity contribution in [1.82, 2.24) is 15.3 Å². The third kappa shape index (κ3) is 2.51. The standard InChI is InChI=1S/C8H9N3O3/c1-5(8(13)14)11-7(12)6-4-9-2-3-10-6/h2-5H,1H3,(H,11,12)(H,13,14)/t5-/m1/s1. The van der Waals surface area contributed by atoms with Crippen molar-refractivity contribution >= 4 is 11.9 Å². The second-order valence-corrected chi connectivity index (χ2v) is 2.62. The molecule has 2 N–H and O–H groups in total. The summed E-state index contributed by atoms with van der Waals surface area (Å²) < 4.78 is 0. The van der Waals surface area contributed by atoms with E-state index in [-0.39, 0.29) is 5.69 Å². The smallest absolute Gasteiger partial charge is 0.325 e. The zero-order valence-corrected chi connectivity index (χ0v) is 7.47. The van der Waals surface area contributed by atoms with E-state index in [0.29, 0.717) is 0 Å². The van der Waals surface area contributed by atoms with Crippen LogP contribution in [0.3, 0.4) is 0 Å². The van der Waals surface area contributed by atoms with Crippen LogP contribution in [0.1, 0.15) is 17.4 Å². The average molecular weight is 195 g/mol. The largest absolute Gasteiger partial charge is 0.480 e. The summed E-state index contributed by atoms with van der Waals surface area (Å²) in [5.74, 6) is -1.64. The van der Waals surface area contributed by atoms with Crippen molar-refractivity contribution in [1.29, 1.82) is 0 Å². The first-order valence-corrected chi connectivity index (χ1v) is 3.91. The molecule has 0 radical (unpaired) electrons. The summed E-state index contributed by atoms with van der Waals surface area (Å²) in [7, 11) is 0. The first-order valence-electron chi connectivity index (χ1n) is 3.91. The third-order valence-corrected chi connectivity index (χ3v) is 1.51. The molecule has 0 unspecified atom stereocenters. The van der Waals surface area contributed by atoms with E-state index in [4.69, 9.17) is 5.11 Å². The molecule has 1 aromatic heterocycles. The van der Waals surface area contributed by atoms with E-state index in [1.54, 1.807) is 0 Å². The molecule has 6 heteroatoms. The van der Waals surface area contributed by atoms with Crippen molar-refractivity contribution < 1.29 is 14.7 Å². The van der Waals surface area contributed by atoms with Gasteiger partial charge in [-0.1, -0.05) is 0 Å². The lowest BCUT2D eigenvalue weighted by atomic mass is 10.3. The maximum absolute atomic E-state index is 11.3. The normalized spacial score (nSPS) is 11.8. The molecule has 0 spiro atoms. The number of carboxylic acid groups (broad SMARTS) is 1. The fraction of sp³-hybridized carbons (Fsp3) is 0.250. The molecule has 14 heavy (non-hydrogen) atoms. The van der Waals surface area contributed by atoms with Crippen molar-refractivity contribution in [2.45, 2.75) is 13.0 Å². The highest BCUT2D eigenvalue weighted by molar-refractivity contribution is 5.94. The molecule has 0 aliphatic rings. The van der Waals surface area contributed by atoms with Crippen LogP contribution in [0.5, 0.6) is 0 Å². The van der Waals surface area contributed by atoms with E-state index in [9.17, 15) is 9.59 Å². The Kier molecular flexibility index (Phi) is 3.11. The van der Waals surface area contributed by atoms with Gasteiger partial charge < -0.3 is 10.4 Å². The Bertz CT molecular complexity index is 339. The van der Waals surface area contributed by atoms with Gasteiger partial charge in [-0.2, -0.15) is 0 Å². The number of rotatable bonds is 3. The van der Waals surface area contributed by atoms with Crippen LogP contribution in [-0.4, -0.2) is 33.0 Å². The van der Waals surface area contributed by atoms with Crippen LogP contribution in [0.2, 0.25) is 0 Å². The fourth-order valence-electron chi connectivity index (χ4n) is 0.749. The van der Waals surface area contributed by atoms with Gasteiger partial charge in [0.1, 0.15) is 11.7 Å². The Morgan fingerprint density at radius 2 is 2.21 bits per heavy atom. The summed E-state index contributed by atoms with van der Waals surface area (Å²) >= 11 is 0. The summed E-state index contributed by atoms with van der Waals surface area (Å²) in [4.78, 5) is 29.1. The minimum absolute atomic E-state index is 0.0978. The van der Waals surface area contributed by atoms with E-state index < -0.39 is 17.9 Å². The number of hydrogen-bond donors (Lipinski definition) is 2. The van der Waals surface area contributed by atoms with Gasteiger partial charge in [-0.25, -0.2) is 4.98 Å². The predicted molar refractivity (Wildman–Crippen MR) is 46.6 cm³/mol. The first-order chi connectivity index (χ1) is 6.61. The van der Waals surface area contributed by atoms with Gasteiger partial charge in [-0.15, -0.1) is 0 Å². The number of aliphatic carboxylic acids is 1. The molecule has 1 rings (SSSR count). The second-order valence-electron chi connectivity index (χ2n) is 2.62. The molecule has 0 bridgehead atoms. The number of hydrogen-bond acceptors (Lipinski definition) is 4. The Labute approximate surface area is 80.0 Å². The lowest BCUT2D eigenvalue weighted by Gasteiger charge is -2.07. The topological polar surface area (TPSA) is 92.2 Å². The van der Waals surface area contributed by atoms with Gasteiger partial charge in [-0.3, -0.25) is 14.6 Å². The fourth-order valence-corrected chi connectivity index (χ4v) is 0.749. The van der Waals surface area contributed by atoms with Gasteiger partial charge in [-0.05, 0) is 6.92 Å². The lowest BCUT2D eigenvalue weighted by molar-refractivity contribution is -0.138. The average Bonchev–Trinajstić information content (AvgIpc) is 2.19. The third-order valence-electron chi connectivity index (χ3n) is 1.51. The molecule has 0 saturated carbocycles. The van der Waals surface area contributed by atoms with Crippen molar-refractivity contribution in [3.05, 3.63) is 24.3 Å². The molecule has 0 aliphatic heterocycles. The Morgan fingerprint density at radius 1 is 1.50 bits per heavy atom. The van der Waals surface area contributed by atoms with E-state index in [1.807, 2.05) is 0 Å². The zero-order valence-electron chi connectivity index (χ0n) is 7.47. The van der Waals surface area contributed by atoms with Crippen molar-refractivity contribution in [2.75, 3.05) is 0 Å². The minimum atomic E-state index is -1.10. The Hall–Kier alpha value is -1.98. The van der Waals surface area contributed by atoms with Gasteiger partial charge in [0, 0.05) is 12.4 Å². The van der Waals surface area contributed by atoms with E-state index in [1.165, 1.54) is 25.5 Å². The molecule has 1 heterocycles. The molecule has 0 aromatic carbocycles. The molecule has 0 fully saturated rings. The van der Waals surface area contributed by atoms with Gasteiger partial charge >= 0.3 is 5.97 Å². The molecule has 1 amide bonds. The Morgan fingerprint density at radius 3 is 2.71 bits per heavy atom. The molecule has 74 valence electrons. The van der Waals surface area contributed by atoms with Crippen LogP contribution < -0.4 is 5.32 Å². The highest BCUT2D eigenvalue weighted by Gasteiger charge is 2.15. The van der Waals surface area contributed by atoms with Gasteiger partial charge in [0.25, 0.3) is 5.91 Å². The van der Waals surface area contributed by atoms with Crippen LogP contribution in [0.15, 0.2) is 18.6 Å². The number of carbonyl (C=O) groups is 2. The minimum Gasteiger partial charge on any atom is -0.480 e. The van der Waals surface area contributed by atoms with Crippen LogP contribution >= 0.6 is 0 Å². The zero-order chi connectivity index (χ0) is 10.6. The molecule has 0 saturated heterocycles. The summed E-state index contributed by atoms with van der Waals surface area (Å²) in [6.07, 6.45) is 4.06. The summed E-state index contributed by atoms with van der Waals surface area (Å²) in [6.45, 7) is 1.37. The van der Waals surface area contributed by atoms with Crippen LogP contribution in [0.4, 0.5) is 0 Å². The van der Waals surface area contributed by atoms with E-state index in [0.717, 1.165) is 0 Å². The van der Waals surface area contributed by atoms with E-state index in [2.05, 4.69) is 15.3 Å². The molecular weight excluding hydrogens is 186 g/mol. The SMILES string of the molecule is C[C@@H](NC(=O)c1cnccn1)C(=O)O. The van der Waals surface area contributed by atoms with Crippen molar-refractivity contribution in [2.24, 2.45) is 0 Å². The van der Waals surface area contributed by atoms with Gasteiger partial charge in [0.2, 0.25) is 0 Å². The maximum Gasteiger partial charge on any atom is 0.325 e. The van der Waals surface area contributed by atoms with Gasteiger partial charge in [0.15, 0.2) is 0 Å². The highest BCUT2D eigenvalue weighted by atomic mass is 16.4. The lowest BCUT2D eigenvalue weighted by Crippen LogP contribution is -2.38. The number of amides is 1. The second kappa shape index (κ2) is 4.31. The monoisotopic (exact) mass is 195 g/mol. The van der Waals surface area contributed by atoms with Crippen LogP contribution in [0, 0.1) is 0 Å². The summed E-state index contributed by atoms with van der Waals surface area (Å²) in [5, 5.41) is 10.8. The first kappa shape index (κ1) is 10.1. The summed E-state index contributed by atoms with van der Waals surface area (Å²) in [6, 6.07) is -0.940. The van der Waals surface area contributed by atoms with Crippen LogP contribution in [-0.2, 0) is 4.79 Å². The molecular formula is C8H9N3O3. The van der Waals surface area contributed by atoms with Crippen molar-refractivity contribution in [3.63, 3.8) is 0 Å². The molecule has 1 aromatic rings. The molecule has 1 atom stereocenters. The number of nitrogens with zero attached hydrogens (tertiary/aromatic N) is 2. The number of carboxylic acids is 1. The number of aromatic nitrogens is 2. The Balaban J connectivity index is 2.64. The maximum atomic E-state index is 11.3. The van der Waals surface area contributed by atoms with E-state index >= 15 is 0 Å². The number of nitrogens with one attached hydrogen (secondary N) is 1. The predicted octanol–water partition coefficient (Wildman–Crippen LogP) is -0.321. The molecule has 6 nitrogen and oxygen atoms in total. The highest BCUT2D eigenvalue weighted by Crippen LogP contribution is 1.91. The summed E-state index contributed by atoms with van der Waals surface area (Å²) in [5.41, 5.74) is 0.0978. The van der Waals surface area contributed by atoms with Crippen LogP contribution in [0.25, 0.3) is 0 Å². The molecule has 0 aliphatic carbocycles. The quantitative estimate of drug-likeness (QED) is 0.689. The van der Waals surface area contributed by atoms with Crippen molar-refractivity contribution in [3.8, 4) is 0 Å².